The van der Waals surface area contributed by atoms with Crippen molar-refractivity contribution in [2.45, 2.75) is 27.3 Å². The molecule has 0 bridgehead atoms. The molecule has 0 amide bonds. The molecule has 84 valence electrons. The molecule has 2 aromatic rings. The number of nitrogens with zero attached hydrogens (tertiary/aromatic N) is 2. The SMILES string of the molecule is Cc1ccc(NCc2nonc2C)c(C)c1. The molecule has 16 heavy (non-hydrogen) atoms. The number of benzene rings is 1. The summed E-state index contributed by atoms with van der Waals surface area (Å²) >= 11 is 0. The molecule has 0 spiro atoms. The first-order chi connectivity index (χ1) is 7.66. The minimum absolute atomic E-state index is 0.638. The van der Waals surface area contributed by atoms with Gasteiger partial charge in [-0.05, 0) is 32.4 Å². The monoisotopic (exact) mass is 217 g/mol. The zero-order chi connectivity index (χ0) is 11.5. The maximum atomic E-state index is 4.64. The van der Waals surface area contributed by atoms with Crippen LogP contribution in [0, 0.1) is 20.8 Å². The largest absolute Gasteiger partial charge is 0.379 e. The van der Waals surface area contributed by atoms with Crippen molar-refractivity contribution in [1.29, 1.82) is 0 Å². The molecule has 1 aromatic carbocycles. The number of aromatic nitrogens is 2. The second-order valence-electron chi connectivity index (χ2n) is 3.97. The fourth-order valence-electron chi connectivity index (χ4n) is 1.60. The van der Waals surface area contributed by atoms with Crippen LogP contribution in [0.5, 0.6) is 0 Å². The van der Waals surface area contributed by atoms with E-state index in [1.54, 1.807) is 0 Å². The minimum Gasteiger partial charge on any atom is -0.379 e. The van der Waals surface area contributed by atoms with Gasteiger partial charge in [0.25, 0.3) is 0 Å². The molecule has 1 N–H and O–H groups in total. The number of hydrogen-bond donors (Lipinski definition) is 1. The Kier molecular flexibility index (Phi) is 2.90. The van der Waals surface area contributed by atoms with Crippen LogP contribution in [0.1, 0.15) is 22.5 Å². The molecule has 0 saturated carbocycles. The Hall–Kier alpha value is -1.84. The first-order valence-corrected chi connectivity index (χ1v) is 5.26. The average molecular weight is 217 g/mol. The van der Waals surface area contributed by atoms with Crippen molar-refractivity contribution < 1.29 is 4.63 Å². The predicted molar refractivity (Wildman–Crippen MR) is 62.3 cm³/mol. The first-order valence-electron chi connectivity index (χ1n) is 5.26. The van der Waals surface area contributed by atoms with E-state index in [4.69, 9.17) is 0 Å². The fourth-order valence-corrected chi connectivity index (χ4v) is 1.60. The highest BCUT2D eigenvalue weighted by molar-refractivity contribution is 5.52. The van der Waals surface area contributed by atoms with Crippen LogP contribution in [-0.4, -0.2) is 10.3 Å². The Morgan fingerprint density at radius 1 is 1.19 bits per heavy atom. The third kappa shape index (κ3) is 2.21. The summed E-state index contributed by atoms with van der Waals surface area (Å²) in [7, 11) is 0. The molecule has 0 radical (unpaired) electrons. The summed E-state index contributed by atoms with van der Waals surface area (Å²) in [6.45, 7) is 6.69. The highest BCUT2D eigenvalue weighted by atomic mass is 16.6. The van der Waals surface area contributed by atoms with Gasteiger partial charge in [0.2, 0.25) is 0 Å². The molecule has 0 aliphatic carbocycles. The van der Waals surface area contributed by atoms with E-state index in [1.165, 1.54) is 11.1 Å². The van der Waals surface area contributed by atoms with Gasteiger partial charge in [0.15, 0.2) is 0 Å². The lowest BCUT2D eigenvalue weighted by Gasteiger charge is -2.08. The summed E-state index contributed by atoms with van der Waals surface area (Å²) in [5, 5.41) is 10.9. The van der Waals surface area contributed by atoms with Crippen molar-refractivity contribution in [2.24, 2.45) is 0 Å². The molecule has 1 heterocycles. The van der Waals surface area contributed by atoms with Crippen LogP contribution in [0.3, 0.4) is 0 Å². The minimum atomic E-state index is 0.638. The zero-order valence-corrected chi connectivity index (χ0v) is 9.74. The van der Waals surface area contributed by atoms with E-state index >= 15 is 0 Å². The van der Waals surface area contributed by atoms with E-state index in [0.29, 0.717) is 6.54 Å². The molecule has 0 unspecified atom stereocenters. The standard InChI is InChI=1S/C12H15N3O/c1-8-4-5-11(9(2)6-8)13-7-12-10(3)14-16-15-12/h4-6,13H,7H2,1-3H3. The quantitative estimate of drug-likeness (QED) is 0.858. The van der Waals surface area contributed by atoms with Gasteiger partial charge in [0.1, 0.15) is 11.4 Å². The van der Waals surface area contributed by atoms with E-state index in [1.807, 2.05) is 6.92 Å². The van der Waals surface area contributed by atoms with Crippen LogP contribution in [0.25, 0.3) is 0 Å². The number of anilines is 1. The molecule has 4 heteroatoms. The number of hydrogen-bond acceptors (Lipinski definition) is 4. The lowest BCUT2D eigenvalue weighted by atomic mass is 10.1. The normalized spacial score (nSPS) is 10.4. The van der Waals surface area contributed by atoms with Gasteiger partial charge in [0, 0.05) is 5.69 Å². The van der Waals surface area contributed by atoms with E-state index in [0.717, 1.165) is 17.1 Å². The van der Waals surface area contributed by atoms with Crippen LogP contribution in [-0.2, 0) is 6.54 Å². The fraction of sp³-hybridized carbons (Fsp3) is 0.333. The van der Waals surface area contributed by atoms with Crippen LogP contribution >= 0.6 is 0 Å². The molecule has 0 fully saturated rings. The van der Waals surface area contributed by atoms with Crippen LogP contribution in [0.15, 0.2) is 22.8 Å². The van der Waals surface area contributed by atoms with Crippen molar-refractivity contribution in [3.8, 4) is 0 Å². The van der Waals surface area contributed by atoms with Gasteiger partial charge in [-0.2, -0.15) is 0 Å². The summed E-state index contributed by atoms with van der Waals surface area (Å²) in [6.07, 6.45) is 0. The molecule has 1 aromatic heterocycles. The Morgan fingerprint density at radius 2 is 2.00 bits per heavy atom. The second-order valence-corrected chi connectivity index (χ2v) is 3.97. The maximum absolute atomic E-state index is 4.64. The lowest BCUT2D eigenvalue weighted by Crippen LogP contribution is -2.02. The summed E-state index contributed by atoms with van der Waals surface area (Å²) < 4.78 is 4.64. The molecule has 0 aliphatic heterocycles. The van der Waals surface area contributed by atoms with Gasteiger partial charge in [0.05, 0.1) is 6.54 Å². The molecule has 0 atom stereocenters. The maximum Gasteiger partial charge on any atom is 0.127 e. The van der Waals surface area contributed by atoms with Crippen molar-refractivity contribution in [3.05, 3.63) is 40.7 Å². The van der Waals surface area contributed by atoms with Gasteiger partial charge in [-0.1, -0.05) is 28.0 Å². The van der Waals surface area contributed by atoms with Crippen molar-refractivity contribution in [2.75, 3.05) is 5.32 Å². The van der Waals surface area contributed by atoms with Gasteiger partial charge in [-0.15, -0.1) is 0 Å². The first kappa shape index (κ1) is 10.7. The third-order valence-electron chi connectivity index (χ3n) is 2.57. The summed E-state index contributed by atoms with van der Waals surface area (Å²) in [5.41, 5.74) is 5.29. The highest BCUT2D eigenvalue weighted by Crippen LogP contribution is 2.17. The van der Waals surface area contributed by atoms with E-state index < -0.39 is 0 Å². The molecular formula is C12H15N3O. The zero-order valence-electron chi connectivity index (χ0n) is 9.74. The van der Waals surface area contributed by atoms with Crippen LogP contribution in [0.4, 0.5) is 5.69 Å². The van der Waals surface area contributed by atoms with Crippen LogP contribution < -0.4 is 5.32 Å². The van der Waals surface area contributed by atoms with E-state index in [2.05, 4.69) is 52.3 Å². The van der Waals surface area contributed by atoms with Gasteiger partial charge in [-0.25, -0.2) is 4.63 Å². The Bertz CT molecular complexity index is 491. The van der Waals surface area contributed by atoms with Crippen molar-refractivity contribution in [3.63, 3.8) is 0 Å². The van der Waals surface area contributed by atoms with Gasteiger partial charge < -0.3 is 5.32 Å². The second kappa shape index (κ2) is 4.35. The van der Waals surface area contributed by atoms with E-state index in [9.17, 15) is 0 Å². The van der Waals surface area contributed by atoms with Crippen molar-refractivity contribution >= 4 is 5.69 Å². The Balaban J connectivity index is 2.08. The number of rotatable bonds is 3. The molecule has 0 aliphatic rings. The number of nitrogens with one attached hydrogen (secondary N) is 1. The summed E-state index contributed by atoms with van der Waals surface area (Å²) in [5.74, 6) is 0. The lowest BCUT2D eigenvalue weighted by molar-refractivity contribution is 0.301. The van der Waals surface area contributed by atoms with Gasteiger partial charge in [-0.3, -0.25) is 0 Å². The molecule has 0 saturated heterocycles. The number of aryl methyl sites for hydroxylation is 3. The molecule has 4 nitrogen and oxygen atoms in total. The summed E-state index contributed by atoms with van der Waals surface area (Å²) in [6, 6.07) is 6.31. The van der Waals surface area contributed by atoms with Crippen molar-refractivity contribution in [1.82, 2.24) is 10.3 Å². The molecule has 2 rings (SSSR count). The summed E-state index contributed by atoms with van der Waals surface area (Å²) in [4.78, 5) is 0. The topological polar surface area (TPSA) is 51.0 Å². The third-order valence-corrected chi connectivity index (χ3v) is 2.57. The molecular weight excluding hydrogens is 202 g/mol. The van der Waals surface area contributed by atoms with E-state index in [-0.39, 0.29) is 0 Å². The predicted octanol–water partition coefficient (Wildman–Crippen LogP) is 2.61. The Labute approximate surface area is 94.6 Å². The van der Waals surface area contributed by atoms with Crippen LogP contribution in [0.2, 0.25) is 0 Å². The smallest absolute Gasteiger partial charge is 0.127 e. The Morgan fingerprint density at radius 3 is 2.62 bits per heavy atom. The average Bonchev–Trinajstić information content (AvgIpc) is 2.63. The highest BCUT2D eigenvalue weighted by Gasteiger charge is 2.05. The van der Waals surface area contributed by atoms with Gasteiger partial charge >= 0.3 is 0 Å².